The van der Waals surface area contributed by atoms with Crippen LogP contribution in [0.15, 0.2) is 12.7 Å². The van der Waals surface area contributed by atoms with Crippen LogP contribution in [0.5, 0.6) is 0 Å². The zero-order chi connectivity index (χ0) is 26.4. The second kappa shape index (κ2) is 12.2. The van der Waals surface area contributed by atoms with Crippen LogP contribution in [-0.4, -0.2) is 84.7 Å². The van der Waals surface area contributed by atoms with Gasteiger partial charge in [-0.15, -0.1) is 0 Å². The highest BCUT2D eigenvalue weighted by Crippen LogP contribution is 2.59. The third kappa shape index (κ3) is 6.40. The Morgan fingerprint density at radius 1 is 1.19 bits per heavy atom. The van der Waals surface area contributed by atoms with Gasteiger partial charge in [0.1, 0.15) is 37.4 Å². The summed E-state index contributed by atoms with van der Waals surface area (Å²) in [7, 11) is -0.288. The van der Waals surface area contributed by atoms with Gasteiger partial charge in [0.25, 0.3) is 0 Å². The molecule has 1 saturated carbocycles. The molecule has 0 radical (unpaired) electrons. The van der Waals surface area contributed by atoms with Crippen molar-refractivity contribution in [1.82, 2.24) is 19.5 Å². The van der Waals surface area contributed by atoms with Gasteiger partial charge in [-0.05, 0) is 34.1 Å². The normalized spacial score (nSPS) is 22.6. The molecule has 0 aliphatic heterocycles. The van der Waals surface area contributed by atoms with Crippen LogP contribution >= 0.6 is 7.60 Å². The number of aromatic nitrogens is 4. The minimum atomic E-state index is -3.39. The van der Waals surface area contributed by atoms with Crippen LogP contribution in [0, 0.1) is 5.92 Å². The van der Waals surface area contributed by atoms with E-state index in [0.717, 1.165) is 0 Å². The Morgan fingerprint density at radius 2 is 1.89 bits per heavy atom. The van der Waals surface area contributed by atoms with E-state index in [2.05, 4.69) is 15.0 Å². The smallest absolute Gasteiger partial charge is 0.356 e. The lowest BCUT2D eigenvalue weighted by Crippen LogP contribution is -2.46. The first-order valence-electron chi connectivity index (χ1n) is 11.8. The number of ether oxygens (including phenoxy) is 5. The van der Waals surface area contributed by atoms with E-state index in [1.807, 2.05) is 18.4 Å². The van der Waals surface area contributed by atoms with Crippen LogP contribution in [0.4, 0.5) is 5.82 Å². The Bertz CT molecular complexity index is 1030. The van der Waals surface area contributed by atoms with E-state index >= 15 is 0 Å². The lowest BCUT2D eigenvalue weighted by Gasteiger charge is -2.39. The van der Waals surface area contributed by atoms with Gasteiger partial charge in [-0.3, -0.25) is 4.57 Å². The minimum Gasteiger partial charge on any atom is -0.382 e. The largest absolute Gasteiger partial charge is 0.382 e. The lowest BCUT2D eigenvalue weighted by molar-refractivity contribution is -0.189. The molecule has 2 N–H and O–H groups in total. The average molecular weight is 532 g/mol. The van der Waals surface area contributed by atoms with Crippen LogP contribution in [0.3, 0.4) is 0 Å². The van der Waals surface area contributed by atoms with Crippen molar-refractivity contribution in [3.05, 3.63) is 12.7 Å². The SMILES string of the molecule is CCOP(=O)(CO[C@@]1(C)CC1[C@@H](n1cnc2c(N)ncnc21)C(C)(COCOC)OCOC)OCC. The molecule has 1 aliphatic carbocycles. The van der Waals surface area contributed by atoms with Gasteiger partial charge in [-0.2, -0.15) is 0 Å². The Morgan fingerprint density at radius 3 is 2.53 bits per heavy atom. The molecule has 204 valence electrons. The van der Waals surface area contributed by atoms with Gasteiger partial charge < -0.3 is 43.0 Å². The fraction of sp³-hybridized carbons (Fsp3) is 0.773. The average Bonchev–Trinajstić information content (AvgIpc) is 3.30. The van der Waals surface area contributed by atoms with Crippen molar-refractivity contribution in [3.63, 3.8) is 0 Å². The van der Waals surface area contributed by atoms with Gasteiger partial charge >= 0.3 is 7.60 Å². The molecule has 2 heterocycles. The van der Waals surface area contributed by atoms with Crippen molar-refractivity contribution in [2.75, 3.05) is 59.7 Å². The third-order valence-electron chi connectivity index (χ3n) is 6.24. The van der Waals surface area contributed by atoms with Crippen molar-refractivity contribution in [2.24, 2.45) is 5.92 Å². The van der Waals surface area contributed by atoms with Crippen LogP contribution in [0.1, 0.15) is 40.2 Å². The van der Waals surface area contributed by atoms with Crippen LogP contribution in [0.25, 0.3) is 11.2 Å². The number of nitrogens with two attached hydrogens (primary N) is 1. The molecule has 2 aromatic heterocycles. The fourth-order valence-corrected chi connectivity index (χ4v) is 5.91. The molecule has 2 unspecified atom stereocenters. The summed E-state index contributed by atoms with van der Waals surface area (Å²) in [5, 5.41) is 0. The molecule has 36 heavy (non-hydrogen) atoms. The van der Waals surface area contributed by atoms with Crippen molar-refractivity contribution < 1.29 is 37.3 Å². The molecule has 3 rings (SSSR count). The lowest BCUT2D eigenvalue weighted by atomic mass is 9.90. The molecular formula is C22H38N5O8P. The molecule has 2 aromatic rings. The molecule has 14 heteroatoms. The molecule has 0 bridgehead atoms. The summed E-state index contributed by atoms with van der Waals surface area (Å²) < 4.78 is 54.3. The maximum Gasteiger partial charge on any atom is 0.356 e. The number of hydrogen-bond acceptors (Lipinski definition) is 12. The highest BCUT2D eigenvalue weighted by molar-refractivity contribution is 7.53. The molecule has 1 fully saturated rings. The monoisotopic (exact) mass is 531 g/mol. The summed E-state index contributed by atoms with van der Waals surface area (Å²) in [6.07, 6.45) is 3.54. The van der Waals surface area contributed by atoms with E-state index < -0.39 is 18.8 Å². The molecule has 4 atom stereocenters. The molecule has 0 spiro atoms. The summed E-state index contributed by atoms with van der Waals surface area (Å²) in [6.45, 7) is 8.22. The number of nitrogen functional groups attached to an aromatic ring is 1. The first-order valence-corrected chi connectivity index (χ1v) is 13.5. The molecule has 0 aromatic carbocycles. The van der Waals surface area contributed by atoms with E-state index in [9.17, 15) is 4.57 Å². The number of methoxy groups -OCH3 is 2. The second-order valence-electron chi connectivity index (χ2n) is 8.99. The third-order valence-corrected chi connectivity index (χ3v) is 7.99. The van der Waals surface area contributed by atoms with Gasteiger partial charge in [-0.1, -0.05) is 0 Å². The summed E-state index contributed by atoms with van der Waals surface area (Å²) in [5.41, 5.74) is 5.51. The molecule has 1 aliphatic rings. The standard InChI is InChI=1S/C22H38N5O8P/c1-7-34-36(28,35-8-2)15-33-21(3)9-16(21)18(22(4,32-14-30-6)10-31-13-29-5)27-12-26-17-19(23)24-11-25-20(17)27/h11-12,16,18H,7-10,13-15H2,1-6H3,(H2,23,24,25)/t16?,18-,21+,22?/m1/s1. The van der Waals surface area contributed by atoms with Gasteiger partial charge in [-0.25, -0.2) is 15.0 Å². The highest BCUT2D eigenvalue weighted by Gasteiger charge is 2.61. The zero-order valence-corrected chi connectivity index (χ0v) is 22.7. The van der Waals surface area contributed by atoms with Gasteiger partial charge in [0.15, 0.2) is 11.5 Å². The van der Waals surface area contributed by atoms with E-state index in [1.54, 1.807) is 34.4 Å². The molecular weight excluding hydrogens is 493 g/mol. The Hall–Kier alpha value is -1.70. The number of fused-ring (bicyclic) bond motifs is 1. The Balaban J connectivity index is 1.97. The quantitative estimate of drug-likeness (QED) is 0.181. The maximum atomic E-state index is 13.0. The van der Waals surface area contributed by atoms with E-state index in [1.165, 1.54) is 6.33 Å². The summed E-state index contributed by atoms with van der Waals surface area (Å²) in [5.74, 6) is 0.174. The molecule has 0 amide bonds. The minimum absolute atomic E-state index is 0.0290. The number of hydrogen-bond donors (Lipinski definition) is 1. The first-order chi connectivity index (χ1) is 17.2. The van der Waals surface area contributed by atoms with Crippen molar-refractivity contribution in [3.8, 4) is 0 Å². The first kappa shape index (κ1) is 28.9. The van der Waals surface area contributed by atoms with E-state index in [-0.39, 0.29) is 57.5 Å². The highest BCUT2D eigenvalue weighted by atomic mass is 31.2. The molecule has 13 nitrogen and oxygen atoms in total. The van der Waals surface area contributed by atoms with E-state index in [4.69, 9.17) is 38.5 Å². The van der Waals surface area contributed by atoms with Gasteiger partial charge in [0.05, 0.1) is 37.8 Å². The van der Waals surface area contributed by atoms with E-state index in [0.29, 0.717) is 17.6 Å². The predicted molar refractivity (Wildman–Crippen MR) is 131 cm³/mol. The fourth-order valence-electron chi connectivity index (χ4n) is 4.44. The maximum absolute atomic E-state index is 13.0. The van der Waals surface area contributed by atoms with Crippen molar-refractivity contribution in [2.45, 2.75) is 51.4 Å². The van der Waals surface area contributed by atoms with Gasteiger partial charge in [0.2, 0.25) is 0 Å². The second-order valence-corrected chi connectivity index (χ2v) is 11.0. The number of imidazole rings is 1. The Kier molecular flexibility index (Phi) is 9.81. The number of anilines is 1. The van der Waals surface area contributed by atoms with Crippen molar-refractivity contribution >= 4 is 24.6 Å². The summed E-state index contributed by atoms with van der Waals surface area (Å²) >= 11 is 0. The van der Waals surface area contributed by atoms with Crippen LogP contribution in [-0.2, 0) is 37.3 Å². The molecule has 0 saturated heterocycles. The predicted octanol–water partition coefficient (Wildman–Crippen LogP) is 2.97. The number of rotatable bonds is 17. The van der Waals surface area contributed by atoms with Crippen molar-refractivity contribution in [1.29, 1.82) is 0 Å². The topological polar surface area (TPSA) is 151 Å². The van der Waals surface area contributed by atoms with Crippen LogP contribution < -0.4 is 5.73 Å². The van der Waals surface area contributed by atoms with Gasteiger partial charge in [0, 0.05) is 20.1 Å². The Labute approximate surface area is 211 Å². The zero-order valence-electron chi connectivity index (χ0n) is 21.8. The van der Waals surface area contributed by atoms with Crippen LogP contribution in [0.2, 0.25) is 0 Å². The summed E-state index contributed by atoms with van der Waals surface area (Å²) in [4.78, 5) is 12.9. The summed E-state index contributed by atoms with van der Waals surface area (Å²) in [6, 6.07) is -0.382. The number of nitrogens with zero attached hydrogens (tertiary/aromatic N) is 4.